The van der Waals surface area contributed by atoms with E-state index < -0.39 is 0 Å². The second-order valence-corrected chi connectivity index (χ2v) is 9.49. The SMILES string of the molecule is COc1cc2c(cc1OC)-c1cc(N(CC[C@@H](c3ccc(C)cc3)c3ccco3)C(C)=O)nc(=O)n1CC2. The van der Waals surface area contributed by atoms with E-state index in [1.807, 2.05) is 37.3 Å². The molecule has 2 aromatic carbocycles. The topological polar surface area (TPSA) is 86.8 Å². The number of hydrogen-bond acceptors (Lipinski definition) is 6. The van der Waals surface area contributed by atoms with E-state index in [-0.39, 0.29) is 17.5 Å². The molecule has 196 valence electrons. The number of ether oxygens (including phenoxy) is 2. The summed E-state index contributed by atoms with van der Waals surface area (Å²) >= 11 is 0. The van der Waals surface area contributed by atoms with Crippen LogP contribution >= 0.6 is 0 Å². The van der Waals surface area contributed by atoms with Crippen molar-refractivity contribution in [2.75, 3.05) is 25.7 Å². The maximum Gasteiger partial charge on any atom is 0.350 e. The molecule has 4 aromatic rings. The maximum absolute atomic E-state index is 13.1. The molecule has 0 aliphatic carbocycles. The van der Waals surface area contributed by atoms with E-state index in [4.69, 9.17) is 13.9 Å². The molecule has 8 nitrogen and oxygen atoms in total. The van der Waals surface area contributed by atoms with Crippen LogP contribution in [-0.4, -0.2) is 36.2 Å². The Labute approximate surface area is 221 Å². The molecule has 0 N–H and O–H groups in total. The summed E-state index contributed by atoms with van der Waals surface area (Å²) in [5.74, 6) is 2.13. The molecule has 1 amide bonds. The summed E-state index contributed by atoms with van der Waals surface area (Å²) in [5.41, 5.74) is 4.50. The lowest BCUT2D eigenvalue weighted by Gasteiger charge is -2.27. The monoisotopic (exact) mass is 513 g/mol. The minimum Gasteiger partial charge on any atom is -0.493 e. The summed E-state index contributed by atoms with van der Waals surface area (Å²) in [6.07, 6.45) is 2.92. The molecule has 0 saturated carbocycles. The summed E-state index contributed by atoms with van der Waals surface area (Å²) in [6, 6.07) is 17.8. The van der Waals surface area contributed by atoms with Crippen molar-refractivity contribution in [3.8, 4) is 22.8 Å². The van der Waals surface area contributed by atoms with Crippen molar-refractivity contribution in [3.05, 3.63) is 93.8 Å². The number of anilines is 1. The second-order valence-electron chi connectivity index (χ2n) is 9.49. The lowest BCUT2D eigenvalue weighted by Crippen LogP contribution is -2.36. The van der Waals surface area contributed by atoms with Crippen molar-refractivity contribution >= 4 is 11.7 Å². The number of fused-ring (bicyclic) bond motifs is 3. The van der Waals surface area contributed by atoms with E-state index in [0.29, 0.717) is 48.9 Å². The Bertz CT molecular complexity index is 1510. The third-order valence-electron chi connectivity index (χ3n) is 7.15. The predicted octanol–water partition coefficient (Wildman–Crippen LogP) is 4.96. The summed E-state index contributed by atoms with van der Waals surface area (Å²) < 4.78 is 18.4. The van der Waals surface area contributed by atoms with Gasteiger partial charge in [-0.15, -0.1) is 0 Å². The number of carbonyl (C=O) groups excluding carboxylic acids is 1. The van der Waals surface area contributed by atoms with Crippen LogP contribution in [0.5, 0.6) is 11.5 Å². The van der Waals surface area contributed by atoms with Gasteiger partial charge in [0.25, 0.3) is 0 Å². The highest BCUT2D eigenvalue weighted by molar-refractivity contribution is 5.91. The fraction of sp³-hybridized carbons (Fsp3) is 0.300. The Kier molecular flexibility index (Phi) is 7.05. The molecule has 0 saturated heterocycles. The number of aromatic nitrogens is 2. The van der Waals surface area contributed by atoms with E-state index in [1.165, 1.54) is 12.5 Å². The van der Waals surface area contributed by atoms with Gasteiger partial charge in [0.2, 0.25) is 5.91 Å². The van der Waals surface area contributed by atoms with Crippen LogP contribution in [-0.2, 0) is 17.8 Å². The standard InChI is InChI=1S/C30H31N3O5/c1-19-7-9-21(10-8-19)23(26-6-5-15-38-26)12-14-32(20(2)34)29-18-25-24-17-28(37-4)27(36-3)16-22(24)11-13-33(25)30(35)31-29/h5-10,15-18,23H,11-14H2,1-4H3/t23-/m0/s1. The minimum atomic E-state index is -0.384. The first-order valence-corrected chi connectivity index (χ1v) is 12.6. The number of benzene rings is 2. The Balaban J connectivity index is 1.51. The zero-order valence-electron chi connectivity index (χ0n) is 22.1. The van der Waals surface area contributed by atoms with Crippen LogP contribution in [0.3, 0.4) is 0 Å². The molecule has 1 aliphatic heterocycles. The van der Waals surface area contributed by atoms with Gasteiger partial charge in [-0.2, -0.15) is 4.98 Å². The van der Waals surface area contributed by atoms with Crippen LogP contribution in [0.4, 0.5) is 5.82 Å². The van der Waals surface area contributed by atoms with E-state index in [0.717, 1.165) is 22.5 Å². The smallest absolute Gasteiger partial charge is 0.350 e. The number of carbonyl (C=O) groups is 1. The number of amides is 1. The van der Waals surface area contributed by atoms with Gasteiger partial charge in [0.1, 0.15) is 11.6 Å². The summed E-state index contributed by atoms with van der Waals surface area (Å²) in [5, 5.41) is 0. The van der Waals surface area contributed by atoms with Crippen LogP contribution in [0, 0.1) is 6.92 Å². The average molecular weight is 514 g/mol. The van der Waals surface area contributed by atoms with Crippen molar-refractivity contribution in [2.24, 2.45) is 0 Å². The van der Waals surface area contributed by atoms with Crippen LogP contribution in [0.2, 0.25) is 0 Å². The third kappa shape index (κ3) is 4.81. The first-order chi connectivity index (χ1) is 18.4. The number of furan rings is 1. The Morgan fingerprint density at radius 1 is 1.11 bits per heavy atom. The summed E-state index contributed by atoms with van der Waals surface area (Å²) in [6.45, 7) is 4.41. The molecule has 5 rings (SSSR count). The molecule has 0 unspecified atom stereocenters. The van der Waals surface area contributed by atoms with Gasteiger partial charge in [-0.05, 0) is 55.2 Å². The lowest BCUT2D eigenvalue weighted by atomic mass is 9.92. The molecule has 38 heavy (non-hydrogen) atoms. The van der Waals surface area contributed by atoms with Gasteiger partial charge in [0.15, 0.2) is 11.5 Å². The largest absolute Gasteiger partial charge is 0.493 e. The van der Waals surface area contributed by atoms with Crippen LogP contribution in [0.25, 0.3) is 11.3 Å². The quantitative estimate of drug-likeness (QED) is 0.331. The van der Waals surface area contributed by atoms with Gasteiger partial charge in [-0.3, -0.25) is 14.3 Å². The highest BCUT2D eigenvalue weighted by Crippen LogP contribution is 2.38. The lowest BCUT2D eigenvalue weighted by molar-refractivity contribution is -0.116. The zero-order chi connectivity index (χ0) is 26.8. The second kappa shape index (κ2) is 10.6. The molecule has 1 aliphatic rings. The number of hydrogen-bond donors (Lipinski definition) is 0. The molecule has 0 fully saturated rings. The Morgan fingerprint density at radius 3 is 2.50 bits per heavy atom. The number of aryl methyl sites for hydroxylation is 2. The van der Waals surface area contributed by atoms with E-state index in [1.54, 1.807) is 29.9 Å². The van der Waals surface area contributed by atoms with Crippen LogP contribution in [0.1, 0.15) is 41.7 Å². The van der Waals surface area contributed by atoms with Crippen molar-refractivity contribution in [1.29, 1.82) is 0 Å². The number of rotatable bonds is 8. The van der Waals surface area contributed by atoms with E-state index in [9.17, 15) is 9.59 Å². The van der Waals surface area contributed by atoms with Crippen molar-refractivity contribution in [2.45, 2.75) is 39.2 Å². The zero-order valence-corrected chi connectivity index (χ0v) is 22.1. The van der Waals surface area contributed by atoms with Gasteiger partial charge in [0.05, 0.1) is 26.2 Å². The number of nitrogens with zero attached hydrogens (tertiary/aromatic N) is 3. The van der Waals surface area contributed by atoms with Gasteiger partial charge < -0.3 is 13.9 Å². The Hall–Kier alpha value is -4.33. The molecule has 0 radical (unpaired) electrons. The van der Waals surface area contributed by atoms with Gasteiger partial charge in [-0.1, -0.05) is 29.8 Å². The molecule has 0 bridgehead atoms. The van der Waals surface area contributed by atoms with Crippen molar-refractivity contribution < 1.29 is 18.7 Å². The fourth-order valence-corrected chi connectivity index (χ4v) is 5.12. The third-order valence-corrected chi connectivity index (χ3v) is 7.15. The first kappa shape index (κ1) is 25.3. The van der Waals surface area contributed by atoms with E-state index >= 15 is 0 Å². The van der Waals surface area contributed by atoms with Crippen molar-refractivity contribution in [1.82, 2.24) is 9.55 Å². The molecule has 0 spiro atoms. The molecule has 2 aromatic heterocycles. The molecular formula is C30H31N3O5. The van der Waals surface area contributed by atoms with Crippen LogP contribution in [0.15, 0.2) is 70.1 Å². The minimum absolute atomic E-state index is 0.0522. The van der Waals surface area contributed by atoms with E-state index in [2.05, 4.69) is 29.2 Å². The predicted molar refractivity (Wildman–Crippen MR) is 145 cm³/mol. The van der Waals surface area contributed by atoms with Gasteiger partial charge >= 0.3 is 5.69 Å². The summed E-state index contributed by atoms with van der Waals surface area (Å²) in [7, 11) is 3.18. The molecule has 8 heteroatoms. The highest BCUT2D eigenvalue weighted by atomic mass is 16.5. The normalized spacial score (nSPS) is 12.8. The molecular weight excluding hydrogens is 482 g/mol. The van der Waals surface area contributed by atoms with Gasteiger partial charge in [0, 0.05) is 37.6 Å². The maximum atomic E-state index is 13.1. The summed E-state index contributed by atoms with van der Waals surface area (Å²) in [4.78, 5) is 31.9. The van der Waals surface area contributed by atoms with Crippen molar-refractivity contribution in [3.63, 3.8) is 0 Å². The Morgan fingerprint density at radius 2 is 1.84 bits per heavy atom. The highest BCUT2D eigenvalue weighted by Gasteiger charge is 2.25. The number of methoxy groups -OCH3 is 2. The van der Waals surface area contributed by atoms with Gasteiger partial charge in [-0.25, -0.2) is 4.79 Å². The average Bonchev–Trinajstić information content (AvgIpc) is 3.45. The fourth-order valence-electron chi connectivity index (χ4n) is 5.12. The van der Waals surface area contributed by atoms with Crippen LogP contribution < -0.4 is 20.1 Å². The molecule has 1 atom stereocenters. The molecule has 3 heterocycles. The first-order valence-electron chi connectivity index (χ1n) is 12.6.